The number of aryl methyl sites for hydroxylation is 2. The summed E-state index contributed by atoms with van der Waals surface area (Å²) in [6.07, 6.45) is 2.01. The van der Waals surface area contributed by atoms with E-state index in [4.69, 9.17) is 4.74 Å². The standard InChI is InChI=1S/C17H15IO2/c1-11-5-2-8-13(15(11)18)16(19)14-9-3-6-12-7-4-10-20-17(12)14/h2-3,5-6,8-9H,4,7,10H2,1H3. The summed E-state index contributed by atoms with van der Waals surface area (Å²) >= 11 is 2.24. The number of ether oxygens (including phenoxy) is 1. The predicted octanol–water partition coefficient (Wildman–Crippen LogP) is 4.16. The molecule has 0 saturated carbocycles. The van der Waals surface area contributed by atoms with Crippen molar-refractivity contribution in [1.29, 1.82) is 0 Å². The molecule has 102 valence electrons. The summed E-state index contributed by atoms with van der Waals surface area (Å²) in [4.78, 5) is 12.8. The molecule has 2 nitrogen and oxygen atoms in total. The molecule has 2 aromatic carbocycles. The van der Waals surface area contributed by atoms with E-state index in [2.05, 4.69) is 22.6 Å². The Hall–Kier alpha value is -1.36. The highest BCUT2D eigenvalue weighted by atomic mass is 127. The van der Waals surface area contributed by atoms with E-state index in [0.717, 1.165) is 38.9 Å². The molecule has 0 aliphatic carbocycles. The van der Waals surface area contributed by atoms with Crippen LogP contribution in [-0.2, 0) is 6.42 Å². The normalized spacial score (nSPS) is 13.5. The van der Waals surface area contributed by atoms with E-state index in [0.29, 0.717) is 12.2 Å². The molecule has 0 atom stereocenters. The summed E-state index contributed by atoms with van der Waals surface area (Å²) < 4.78 is 6.76. The molecule has 0 unspecified atom stereocenters. The average molecular weight is 378 g/mol. The number of hydrogen-bond donors (Lipinski definition) is 0. The summed E-state index contributed by atoms with van der Waals surface area (Å²) in [6, 6.07) is 11.7. The largest absolute Gasteiger partial charge is 0.493 e. The van der Waals surface area contributed by atoms with Gasteiger partial charge in [0.05, 0.1) is 12.2 Å². The van der Waals surface area contributed by atoms with Gasteiger partial charge in [0.2, 0.25) is 0 Å². The van der Waals surface area contributed by atoms with Gasteiger partial charge in [-0.3, -0.25) is 4.79 Å². The number of rotatable bonds is 2. The first-order valence-corrected chi connectivity index (χ1v) is 7.81. The molecule has 0 bridgehead atoms. The molecule has 0 aromatic heterocycles. The second-order valence-corrected chi connectivity index (χ2v) is 6.09. The van der Waals surface area contributed by atoms with Crippen molar-refractivity contribution in [1.82, 2.24) is 0 Å². The molecular weight excluding hydrogens is 363 g/mol. The predicted molar refractivity (Wildman–Crippen MR) is 87.6 cm³/mol. The van der Waals surface area contributed by atoms with E-state index >= 15 is 0 Å². The second-order valence-electron chi connectivity index (χ2n) is 5.01. The number of halogens is 1. The molecule has 1 heterocycles. The van der Waals surface area contributed by atoms with Gasteiger partial charge < -0.3 is 4.74 Å². The van der Waals surface area contributed by atoms with Crippen molar-refractivity contribution in [2.45, 2.75) is 19.8 Å². The van der Waals surface area contributed by atoms with E-state index in [-0.39, 0.29) is 5.78 Å². The average Bonchev–Trinajstić information content (AvgIpc) is 2.49. The van der Waals surface area contributed by atoms with Crippen molar-refractivity contribution in [3.63, 3.8) is 0 Å². The van der Waals surface area contributed by atoms with E-state index in [9.17, 15) is 4.79 Å². The fourth-order valence-corrected chi connectivity index (χ4v) is 3.14. The number of ketones is 1. The maximum atomic E-state index is 12.8. The van der Waals surface area contributed by atoms with Gasteiger partial charge in [0.1, 0.15) is 5.75 Å². The maximum Gasteiger partial charge on any atom is 0.197 e. The first-order valence-electron chi connectivity index (χ1n) is 6.73. The molecule has 20 heavy (non-hydrogen) atoms. The second kappa shape index (κ2) is 5.56. The Bertz CT molecular complexity index is 677. The van der Waals surface area contributed by atoms with Crippen LogP contribution >= 0.6 is 22.6 Å². The van der Waals surface area contributed by atoms with E-state index < -0.39 is 0 Å². The van der Waals surface area contributed by atoms with Gasteiger partial charge in [-0.15, -0.1) is 0 Å². The van der Waals surface area contributed by atoms with Crippen molar-refractivity contribution in [3.8, 4) is 5.75 Å². The highest BCUT2D eigenvalue weighted by Crippen LogP contribution is 2.31. The molecular formula is C17H15IO2. The van der Waals surface area contributed by atoms with Crippen molar-refractivity contribution >= 4 is 28.4 Å². The Labute approximate surface area is 132 Å². The van der Waals surface area contributed by atoms with Crippen LogP contribution in [-0.4, -0.2) is 12.4 Å². The first-order chi connectivity index (χ1) is 9.68. The molecule has 1 aliphatic rings. The van der Waals surface area contributed by atoms with Gasteiger partial charge >= 0.3 is 0 Å². The molecule has 0 amide bonds. The van der Waals surface area contributed by atoms with E-state index in [1.165, 1.54) is 0 Å². The fourth-order valence-electron chi connectivity index (χ4n) is 2.54. The number of hydrogen-bond acceptors (Lipinski definition) is 2. The van der Waals surface area contributed by atoms with Crippen molar-refractivity contribution in [2.24, 2.45) is 0 Å². The zero-order valence-electron chi connectivity index (χ0n) is 11.3. The fraction of sp³-hybridized carbons (Fsp3) is 0.235. The van der Waals surface area contributed by atoms with Crippen LogP contribution in [0, 0.1) is 10.5 Å². The number of carbonyl (C=O) groups excluding carboxylic acids is 1. The van der Waals surface area contributed by atoms with Crippen LogP contribution in [0.25, 0.3) is 0 Å². The molecule has 3 heteroatoms. The molecule has 0 radical (unpaired) electrons. The highest BCUT2D eigenvalue weighted by Gasteiger charge is 2.21. The molecule has 0 fully saturated rings. The monoisotopic (exact) mass is 378 g/mol. The van der Waals surface area contributed by atoms with Gasteiger partial charge in [0.15, 0.2) is 5.78 Å². The molecule has 2 aromatic rings. The molecule has 3 rings (SSSR count). The molecule has 0 N–H and O–H groups in total. The third-order valence-corrected chi connectivity index (χ3v) is 5.05. The lowest BCUT2D eigenvalue weighted by molar-refractivity contribution is 0.103. The van der Waals surface area contributed by atoms with Crippen molar-refractivity contribution in [2.75, 3.05) is 6.61 Å². The Morgan fingerprint density at radius 3 is 2.75 bits per heavy atom. The van der Waals surface area contributed by atoms with Crippen molar-refractivity contribution < 1.29 is 9.53 Å². The topological polar surface area (TPSA) is 26.3 Å². The van der Waals surface area contributed by atoms with Gasteiger partial charge in [-0.2, -0.15) is 0 Å². The number of fused-ring (bicyclic) bond motifs is 1. The van der Waals surface area contributed by atoms with Gasteiger partial charge in [-0.1, -0.05) is 24.3 Å². The quantitative estimate of drug-likeness (QED) is 0.580. The molecule has 0 saturated heterocycles. The van der Waals surface area contributed by atoms with Crippen LogP contribution < -0.4 is 4.74 Å². The van der Waals surface area contributed by atoms with Crippen LogP contribution in [0.1, 0.15) is 33.5 Å². The van der Waals surface area contributed by atoms with Crippen LogP contribution in [0.2, 0.25) is 0 Å². The van der Waals surface area contributed by atoms with Crippen LogP contribution in [0.5, 0.6) is 5.75 Å². The lowest BCUT2D eigenvalue weighted by Crippen LogP contribution is -2.14. The van der Waals surface area contributed by atoms with Gasteiger partial charge in [-0.25, -0.2) is 0 Å². The lowest BCUT2D eigenvalue weighted by Gasteiger charge is -2.20. The lowest BCUT2D eigenvalue weighted by atomic mass is 9.96. The number of benzene rings is 2. The minimum Gasteiger partial charge on any atom is -0.493 e. The Kier molecular flexibility index (Phi) is 3.78. The van der Waals surface area contributed by atoms with Gasteiger partial charge in [0, 0.05) is 9.13 Å². The number of para-hydroxylation sites is 1. The summed E-state index contributed by atoms with van der Waals surface area (Å²) in [5, 5.41) is 0. The third kappa shape index (κ3) is 2.35. The van der Waals surface area contributed by atoms with Gasteiger partial charge in [0.25, 0.3) is 0 Å². The Morgan fingerprint density at radius 1 is 1.15 bits per heavy atom. The SMILES string of the molecule is Cc1cccc(C(=O)c2cccc3c2OCCC3)c1I. The van der Waals surface area contributed by atoms with Crippen molar-refractivity contribution in [3.05, 3.63) is 62.2 Å². The maximum absolute atomic E-state index is 12.8. The Morgan fingerprint density at radius 2 is 1.90 bits per heavy atom. The van der Waals surface area contributed by atoms with Crippen LogP contribution in [0.3, 0.4) is 0 Å². The smallest absolute Gasteiger partial charge is 0.197 e. The molecule has 1 aliphatic heterocycles. The zero-order chi connectivity index (χ0) is 14.1. The summed E-state index contributed by atoms with van der Waals surface area (Å²) in [7, 11) is 0. The minimum atomic E-state index is 0.0526. The minimum absolute atomic E-state index is 0.0526. The third-order valence-electron chi connectivity index (χ3n) is 3.61. The Balaban J connectivity index is 2.09. The zero-order valence-corrected chi connectivity index (χ0v) is 13.4. The van der Waals surface area contributed by atoms with E-state index in [1.54, 1.807) is 0 Å². The summed E-state index contributed by atoms with van der Waals surface area (Å²) in [6.45, 7) is 2.72. The van der Waals surface area contributed by atoms with E-state index in [1.807, 2.05) is 43.3 Å². The number of carbonyl (C=O) groups is 1. The first kappa shape index (κ1) is 13.6. The van der Waals surface area contributed by atoms with Crippen LogP contribution in [0.15, 0.2) is 36.4 Å². The molecule has 0 spiro atoms. The summed E-state index contributed by atoms with van der Waals surface area (Å²) in [5.41, 5.74) is 3.71. The van der Waals surface area contributed by atoms with Gasteiger partial charge in [-0.05, 0) is 65.6 Å². The van der Waals surface area contributed by atoms with Crippen LogP contribution in [0.4, 0.5) is 0 Å². The summed E-state index contributed by atoms with van der Waals surface area (Å²) in [5.74, 6) is 0.831. The highest BCUT2D eigenvalue weighted by molar-refractivity contribution is 14.1.